The molecule has 1 saturated carbocycles. The lowest BCUT2D eigenvalue weighted by molar-refractivity contribution is -0.142. The third-order valence-electron chi connectivity index (χ3n) is 6.37. The third kappa shape index (κ3) is 4.70. The zero-order valence-corrected chi connectivity index (χ0v) is 18.3. The molecule has 1 saturated heterocycles. The second kappa shape index (κ2) is 9.45. The summed E-state index contributed by atoms with van der Waals surface area (Å²) >= 11 is 0. The van der Waals surface area contributed by atoms with Crippen LogP contribution in [-0.4, -0.2) is 40.3 Å². The van der Waals surface area contributed by atoms with Crippen molar-refractivity contribution in [2.75, 3.05) is 13.7 Å². The Kier molecular flexibility index (Phi) is 6.49. The van der Waals surface area contributed by atoms with Gasteiger partial charge in [0, 0.05) is 25.2 Å². The Morgan fingerprint density at radius 3 is 2.74 bits per heavy atom. The van der Waals surface area contributed by atoms with E-state index in [1.54, 1.807) is 13.3 Å². The molecule has 4 rings (SSSR count). The molecule has 7 nitrogen and oxygen atoms in total. The van der Waals surface area contributed by atoms with E-state index in [-0.39, 0.29) is 23.8 Å². The van der Waals surface area contributed by atoms with Gasteiger partial charge >= 0.3 is 0 Å². The molecule has 2 heterocycles. The molecule has 1 N–H and O–H groups in total. The van der Waals surface area contributed by atoms with E-state index in [1.165, 1.54) is 0 Å². The van der Waals surface area contributed by atoms with Gasteiger partial charge in [-0.05, 0) is 56.7 Å². The molecule has 1 aromatic heterocycles. The van der Waals surface area contributed by atoms with Crippen molar-refractivity contribution >= 4 is 11.8 Å². The number of piperidine rings is 1. The van der Waals surface area contributed by atoms with E-state index in [4.69, 9.17) is 4.74 Å². The van der Waals surface area contributed by atoms with Gasteiger partial charge in [-0.15, -0.1) is 0 Å². The van der Waals surface area contributed by atoms with E-state index < -0.39 is 0 Å². The van der Waals surface area contributed by atoms with Crippen LogP contribution in [0.2, 0.25) is 0 Å². The highest BCUT2D eigenvalue weighted by Crippen LogP contribution is 2.35. The van der Waals surface area contributed by atoms with Gasteiger partial charge in [0.2, 0.25) is 5.91 Å². The fraction of sp³-hybridized carbons (Fsp3) is 0.500. The van der Waals surface area contributed by atoms with E-state index in [0.29, 0.717) is 23.6 Å². The molecular weight excluding hydrogens is 392 g/mol. The highest BCUT2D eigenvalue weighted by molar-refractivity contribution is 5.94. The van der Waals surface area contributed by atoms with Crippen LogP contribution in [0.3, 0.4) is 0 Å². The smallest absolute Gasteiger partial charge is 0.254 e. The minimum atomic E-state index is -0.210. The zero-order valence-electron chi connectivity index (χ0n) is 18.3. The summed E-state index contributed by atoms with van der Waals surface area (Å²) in [7, 11) is 1.62. The largest absolute Gasteiger partial charge is 0.497 e. The van der Waals surface area contributed by atoms with Crippen molar-refractivity contribution < 1.29 is 14.3 Å². The van der Waals surface area contributed by atoms with Crippen molar-refractivity contribution in [1.82, 2.24) is 20.2 Å². The number of hydrogen-bond acceptors (Lipinski definition) is 5. The summed E-state index contributed by atoms with van der Waals surface area (Å²) in [6, 6.07) is 7.50. The predicted octanol–water partition coefficient (Wildman–Crippen LogP) is 3.58. The van der Waals surface area contributed by atoms with Crippen LogP contribution in [0.25, 0.3) is 0 Å². The van der Waals surface area contributed by atoms with Crippen molar-refractivity contribution in [2.24, 2.45) is 5.92 Å². The highest BCUT2D eigenvalue weighted by Gasteiger charge is 2.36. The third-order valence-corrected chi connectivity index (χ3v) is 6.37. The standard InChI is InChI=1S/C24H30N4O3/c1-16-20(23(29)26-14-17-7-5-10-19(13-17)31-2)15-25-22(27-16)21-11-3-4-12-28(21)24(30)18-8-6-9-18/h5,7,10,13,15,18,21H,3-4,6,8-9,11-12,14H2,1-2H3,(H,26,29). The number of ether oxygens (including phenoxy) is 1. The topological polar surface area (TPSA) is 84.4 Å². The van der Waals surface area contributed by atoms with Crippen LogP contribution in [0, 0.1) is 12.8 Å². The maximum atomic E-state index is 12.9. The molecule has 1 aromatic carbocycles. The van der Waals surface area contributed by atoms with Gasteiger partial charge in [0.05, 0.1) is 24.4 Å². The normalized spacial score (nSPS) is 18.9. The summed E-state index contributed by atoms with van der Waals surface area (Å²) in [5.74, 6) is 1.61. The van der Waals surface area contributed by atoms with Crippen molar-refractivity contribution in [3.63, 3.8) is 0 Å². The molecule has 2 aliphatic rings. The van der Waals surface area contributed by atoms with Crippen LogP contribution in [0.4, 0.5) is 0 Å². The van der Waals surface area contributed by atoms with Crippen molar-refractivity contribution in [3.05, 3.63) is 53.1 Å². The minimum absolute atomic E-state index is 0.0885. The first-order valence-corrected chi connectivity index (χ1v) is 11.1. The van der Waals surface area contributed by atoms with E-state index >= 15 is 0 Å². The summed E-state index contributed by atoms with van der Waals surface area (Å²) in [6.07, 6.45) is 7.69. The first-order chi connectivity index (χ1) is 15.1. The molecular formula is C24H30N4O3. The zero-order chi connectivity index (χ0) is 21.8. The lowest BCUT2D eigenvalue weighted by Crippen LogP contribution is -2.44. The summed E-state index contributed by atoms with van der Waals surface area (Å²) in [5, 5.41) is 2.92. The Hall–Kier alpha value is -2.96. The van der Waals surface area contributed by atoms with Gasteiger partial charge in [-0.3, -0.25) is 9.59 Å². The maximum absolute atomic E-state index is 12.9. The Labute approximate surface area is 183 Å². The number of carbonyl (C=O) groups excluding carboxylic acids is 2. The number of aromatic nitrogens is 2. The molecule has 7 heteroatoms. The molecule has 0 spiro atoms. The average Bonchev–Trinajstić information content (AvgIpc) is 2.76. The number of likely N-dealkylation sites (tertiary alicyclic amines) is 1. The van der Waals surface area contributed by atoms with Crippen molar-refractivity contribution in [1.29, 1.82) is 0 Å². The molecule has 1 aliphatic carbocycles. The summed E-state index contributed by atoms with van der Waals surface area (Å²) in [5.41, 5.74) is 2.05. The van der Waals surface area contributed by atoms with Gasteiger partial charge in [-0.25, -0.2) is 9.97 Å². The van der Waals surface area contributed by atoms with E-state index in [9.17, 15) is 9.59 Å². The molecule has 2 aromatic rings. The number of hydrogen-bond donors (Lipinski definition) is 1. The Morgan fingerprint density at radius 1 is 1.19 bits per heavy atom. The molecule has 2 fully saturated rings. The monoisotopic (exact) mass is 422 g/mol. The van der Waals surface area contributed by atoms with Gasteiger partial charge in [0.15, 0.2) is 5.82 Å². The van der Waals surface area contributed by atoms with Crippen LogP contribution in [0.5, 0.6) is 5.75 Å². The molecule has 0 radical (unpaired) electrons. The molecule has 31 heavy (non-hydrogen) atoms. The number of aryl methyl sites for hydroxylation is 1. The van der Waals surface area contributed by atoms with Gasteiger partial charge in [0.1, 0.15) is 5.75 Å². The van der Waals surface area contributed by atoms with Crippen LogP contribution < -0.4 is 10.1 Å². The summed E-state index contributed by atoms with van der Waals surface area (Å²) in [6.45, 7) is 2.99. The number of rotatable bonds is 6. The second-order valence-electron chi connectivity index (χ2n) is 8.43. The fourth-order valence-electron chi connectivity index (χ4n) is 4.28. The molecule has 2 amide bonds. The van der Waals surface area contributed by atoms with Gasteiger partial charge in [-0.2, -0.15) is 0 Å². The van der Waals surface area contributed by atoms with Gasteiger partial charge < -0.3 is 15.0 Å². The Bertz CT molecular complexity index is 958. The molecule has 1 aliphatic heterocycles. The van der Waals surface area contributed by atoms with Crippen molar-refractivity contribution in [3.8, 4) is 5.75 Å². The van der Waals surface area contributed by atoms with Gasteiger partial charge in [-0.1, -0.05) is 18.6 Å². The van der Waals surface area contributed by atoms with Crippen LogP contribution in [0.15, 0.2) is 30.5 Å². The Balaban J connectivity index is 1.45. The van der Waals surface area contributed by atoms with Crippen LogP contribution in [0.1, 0.15) is 72.0 Å². The maximum Gasteiger partial charge on any atom is 0.254 e. The highest BCUT2D eigenvalue weighted by atomic mass is 16.5. The molecule has 1 unspecified atom stereocenters. The number of benzene rings is 1. The van der Waals surface area contributed by atoms with Crippen LogP contribution in [-0.2, 0) is 11.3 Å². The quantitative estimate of drug-likeness (QED) is 0.769. The van der Waals surface area contributed by atoms with E-state index in [1.807, 2.05) is 36.1 Å². The number of nitrogens with zero attached hydrogens (tertiary/aromatic N) is 3. The number of nitrogens with one attached hydrogen (secondary N) is 1. The summed E-state index contributed by atoms with van der Waals surface area (Å²) in [4.78, 5) is 36.7. The second-order valence-corrected chi connectivity index (χ2v) is 8.43. The minimum Gasteiger partial charge on any atom is -0.497 e. The van der Waals surface area contributed by atoms with Crippen molar-refractivity contribution in [2.45, 2.75) is 58.0 Å². The number of carbonyl (C=O) groups is 2. The SMILES string of the molecule is COc1cccc(CNC(=O)c2cnc(C3CCCCN3C(=O)C3CCC3)nc2C)c1. The molecule has 1 atom stereocenters. The van der Waals surface area contributed by atoms with Crippen LogP contribution >= 0.6 is 0 Å². The van der Waals surface area contributed by atoms with Gasteiger partial charge in [0.25, 0.3) is 5.91 Å². The number of methoxy groups -OCH3 is 1. The lowest BCUT2D eigenvalue weighted by Gasteiger charge is -2.39. The molecule has 164 valence electrons. The van der Waals surface area contributed by atoms with E-state index in [2.05, 4.69) is 15.3 Å². The summed E-state index contributed by atoms with van der Waals surface area (Å²) < 4.78 is 5.23. The molecule has 0 bridgehead atoms. The first-order valence-electron chi connectivity index (χ1n) is 11.1. The first kappa shape index (κ1) is 21.3. The fourth-order valence-corrected chi connectivity index (χ4v) is 4.28. The van der Waals surface area contributed by atoms with E-state index in [0.717, 1.165) is 56.4 Å². The average molecular weight is 423 g/mol. The Morgan fingerprint density at radius 2 is 2.03 bits per heavy atom. The lowest BCUT2D eigenvalue weighted by atomic mass is 9.83. The number of amides is 2. The predicted molar refractivity (Wildman–Crippen MR) is 117 cm³/mol.